The van der Waals surface area contributed by atoms with Crippen molar-refractivity contribution in [2.24, 2.45) is 0 Å². The van der Waals surface area contributed by atoms with E-state index < -0.39 is 11.9 Å². The van der Waals surface area contributed by atoms with Crippen molar-refractivity contribution in [3.63, 3.8) is 0 Å². The second kappa shape index (κ2) is 6.77. The molecule has 0 heterocycles. The van der Waals surface area contributed by atoms with E-state index in [4.69, 9.17) is 34.8 Å². The van der Waals surface area contributed by atoms with Crippen LogP contribution >= 0.6 is 34.8 Å². The van der Waals surface area contributed by atoms with Crippen molar-refractivity contribution < 1.29 is 9.50 Å². The van der Waals surface area contributed by atoms with E-state index in [9.17, 15) is 9.50 Å². The van der Waals surface area contributed by atoms with Gasteiger partial charge in [0.25, 0.3) is 0 Å². The molecule has 20 heavy (non-hydrogen) atoms. The van der Waals surface area contributed by atoms with Crippen LogP contribution in [0.5, 0.6) is 0 Å². The van der Waals surface area contributed by atoms with E-state index in [1.807, 2.05) is 0 Å². The third kappa shape index (κ3) is 3.64. The quantitative estimate of drug-likeness (QED) is 0.841. The first-order chi connectivity index (χ1) is 9.49. The zero-order valence-electron chi connectivity index (χ0n) is 10.4. The molecule has 0 aliphatic carbocycles. The number of hydrogen-bond donors (Lipinski definition) is 1. The molecule has 2 aromatic carbocycles. The third-order valence-electron chi connectivity index (χ3n) is 2.97. The van der Waals surface area contributed by atoms with Crippen LogP contribution in [0.1, 0.15) is 11.1 Å². The summed E-state index contributed by atoms with van der Waals surface area (Å²) in [5.74, 6) is -0.495. The Labute approximate surface area is 131 Å². The Bertz CT molecular complexity index is 563. The minimum Gasteiger partial charge on any atom is -0.392 e. The fourth-order valence-corrected chi connectivity index (χ4v) is 2.58. The lowest BCUT2D eigenvalue weighted by Gasteiger charge is -2.13. The highest BCUT2D eigenvalue weighted by atomic mass is 35.5. The molecule has 2 aromatic rings. The summed E-state index contributed by atoms with van der Waals surface area (Å²) in [5, 5.41) is 11.0. The molecule has 0 saturated carbocycles. The maximum Gasteiger partial charge on any atom is 0.145 e. The molecule has 0 spiro atoms. The average molecular weight is 334 g/mol. The van der Waals surface area contributed by atoms with E-state index in [0.717, 1.165) is 5.56 Å². The number of aliphatic hydroxyl groups is 1. The predicted octanol–water partition coefficient (Wildman–Crippen LogP) is 4.93. The average Bonchev–Trinajstić information content (AvgIpc) is 2.40. The third-order valence-corrected chi connectivity index (χ3v) is 4.12. The molecule has 1 atom stereocenters. The lowest BCUT2D eigenvalue weighted by atomic mass is 10.0. The van der Waals surface area contributed by atoms with E-state index in [1.165, 1.54) is 6.07 Å². The van der Waals surface area contributed by atoms with Crippen LogP contribution in [-0.4, -0.2) is 11.2 Å². The highest BCUT2D eigenvalue weighted by Gasteiger charge is 2.14. The Morgan fingerprint density at radius 3 is 2.15 bits per heavy atom. The van der Waals surface area contributed by atoms with E-state index in [-0.39, 0.29) is 11.4 Å². The predicted molar refractivity (Wildman–Crippen MR) is 81.3 cm³/mol. The maximum atomic E-state index is 13.8. The Balaban J connectivity index is 2.11. The van der Waals surface area contributed by atoms with Gasteiger partial charge >= 0.3 is 0 Å². The minimum absolute atomic E-state index is 0.0514. The Morgan fingerprint density at radius 1 is 0.900 bits per heavy atom. The van der Waals surface area contributed by atoms with Gasteiger partial charge in [-0.15, -0.1) is 0 Å². The fourth-order valence-electron chi connectivity index (χ4n) is 1.99. The molecule has 0 aromatic heterocycles. The van der Waals surface area contributed by atoms with Crippen LogP contribution in [0.15, 0.2) is 36.4 Å². The van der Waals surface area contributed by atoms with Crippen molar-refractivity contribution >= 4 is 34.8 Å². The van der Waals surface area contributed by atoms with Gasteiger partial charge in [-0.3, -0.25) is 0 Å². The first-order valence-electron chi connectivity index (χ1n) is 6.03. The number of aliphatic hydroxyl groups excluding tert-OH is 1. The summed E-state index contributed by atoms with van der Waals surface area (Å²) >= 11 is 17.7. The van der Waals surface area contributed by atoms with Gasteiger partial charge in [0, 0.05) is 12.8 Å². The van der Waals surface area contributed by atoms with Crippen molar-refractivity contribution in [3.05, 3.63) is 68.4 Å². The highest BCUT2D eigenvalue weighted by molar-refractivity contribution is 6.42. The van der Waals surface area contributed by atoms with E-state index in [2.05, 4.69) is 0 Å². The molecule has 0 saturated heterocycles. The normalized spacial score (nSPS) is 12.4. The zero-order valence-corrected chi connectivity index (χ0v) is 12.7. The molecule has 2 rings (SSSR count). The molecule has 1 unspecified atom stereocenters. The van der Waals surface area contributed by atoms with Gasteiger partial charge in [-0.1, -0.05) is 59.1 Å². The summed E-state index contributed by atoms with van der Waals surface area (Å²) in [6.07, 6.45) is -0.306. The van der Waals surface area contributed by atoms with E-state index in [0.29, 0.717) is 22.0 Å². The number of rotatable bonds is 4. The van der Waals surface area contributed by atoms with Crippen molar-refractivity contribution in [1.29, 1.82) is 0 Å². The van der Waals surface area contributed by atoms with Crippen LogP contribution in [0.3, 0.4) is 0 Å². The molecule has 0 aliphatic heterocycles. The fraction of sp³-hybridized carbons (Fsp3) is 0.200. The van der Waals surface area contributed by atoms with Crippen molar-refractivity contribution in [2.45, 2.75) is 18.9 Å². The summed E-state index contributed by atoms with van der Waals surface area (Å²) in [7, 11) is 0. The van der Waals surface area contributed by atoms with Crippen LogP contribution in [0.25, 0.3) is 0 Å². The van der Waals surface area contributed by atoms with E-state index >= 15 is 0 Å². The lowest BCUT2D eigenvalue weighted by Crippen LogP contribution is -2.15. The summed E-state index contributed by atoms with van der Waals surface area (Å²) in [4.78, 5) is 0. The maximum absolute atomic E-state index is 13.8. The highest BCUT2D eigenvalue weighted by Crippen LogP contribution is 2.27. The SMILES string of the molecule is OC(Cc1cccc(Cl)c1F)Cc1cccc(Cl)c1Cl. The molecule has 0 radical (unpaired) electrons. The molecule has 0 bridgehead atoms. The van der Waals surface area contributed by atoms with Gasteiger partial charge in [-0.2, -0.15) is 0 Å². The Hall–Kier alpha value is -0.800. The number of benzene rings is 2. The van der Waals surface area contributed by atoms with Gasteiger partial charge in [0.2, 0.25) is 0 Å². The lowest BCUT2D eigenvalue weighted by molar-refractivity contribution is 0.174. The topological polar surface area (TPSA) is 20.2 Å². The molecule has 5 heteroatoms. The molecular formula is C15H12Cl3FO. The van der Waals surface area contributed by atoms with Gasteiger partial charge in [-0.25, -0.2) is 4.39 Å². The van der Waals surface area contributed by atoms with Crippen molar-refractivity contribution in [1.82, 2.24) is 0 Å². The molecule has 106 valence electrons. The second-order valence-corrected chi connectivity index (χ2v) is 5.68. The van der Waals surface area contributed by atoms with Gasteiger partial charge in [-0.05, 0) is 23.3 Å². The molecule has 0 aliphatic rings. The first-order valence-corrected chi connectivity index (χ1v) is 7.16. The standard InChI is InChI=1S/C15H12Cl3FO/c16-12-5-1-3-9(14(12)18)7-11(20)8-10-4-2-6-13(17)15(10)19/h1-6,11,20H,7-8H2. The van der Waals surface area contributed by atoms with Gasteiger partial charge in [0.15, 0.2) is 0 Å². The van der Waals surface area contributed by atoms with E-state index in [1.54, 1.807) is 30.3 Å². The summed E-state index contributed by atoms with van der Waals surface area (Å²) < 4.78 is 13.8. The summed E-state index contributed by atoms with van der Waals surface area (Å²) in [6.45, 7) is 0. The molecular weight excluding hydrogens is 322 g/mol. The molecule has 0 amide bonds. The van der Waals surface area contributed by atoms with Crippen molar-refractivity contribution in [2.75, 3.05) is 0 Å². The Morgan fingerprint density at radius 2 is 1.45 bits per heavy atom. The molecule has 0 fully saturated rings. The van der Waals surface area contributed by atoms with Gasteiger partial charge in [0.05, 0.1) is 21.2 Å². The zero-order chi connectivity index (χ0) is 14.7. The molecule has 1 nitrogen and oxygen atoms in total. The van der Waals surface area contributed by atoms with Crippen LogP contribution in [0.4, 0.5) is 4.39 Å². The number of hydrogen-bond acceptors (Lipinski definition) is 1. The van der Waals surface area contributed by atoms with Crippen LogP contribution in [0, 0.1) is 5.82 Å². The van der Waals surface area contributed by atoms with Crippen LogP contribution in [0.2, 0.25) is 15.1 Å². The van der Waals surface area contributed by atoms with Crippen LogP contribution in [-0.2, 0) is 12.8 Å². The summed E-state index contributed by atoms with van der Waals surface area (Å²) in [6, 6.07) is 9.95. The minimum atomic E-state index is -0.765. The second-order valence-electron chi connectivity index (χ2n) is 4.49. The smallest absolute Gasteiger partial charge is 0.145 e. The molecule has 1 N–H and O–H groups in total. The number of halogens is 4. The van der Waals surface area contributed by atoms with Gasteiger partial charge < -0.3 is 5.11 Å². The van der Waals surface area contributed by atoms with Gasteiger partial charge in [0.1, 0.15) is 5.82 Å². The monoisotopic (exact) mass is 332 g/mol. The first kappa shape index (κ1) is 15.6. The van der Waals surface area contributed by atoms with Crippen LogP contribution < -0.4 is 0 Å². The largest absolute Gasteiger partial charge is 0.392 e. The summed E-state index contributed by atoms with van der Waals surface area (Å²) in [5.41, 5.74) is 1.11. The van der Waals surface area contributed by atoms with Crippen molar-refractivity contribution in [3.8, 4) is 0 Å². The Kier molecular flexibility index (Phi) is 5.28.